The fourth-order valence-corrected chi connectivity index (χ4v) is 10.3. The van der Waals surface area contributed by atoms with Crippen LogP contribution >= 0.6 is 7.82 Å². The van der Waals surface area contributed by atoms with E-state index in [2.05, 4.69) is 50.3 Å². The molecule has 448 valence electrons. The van der Waals surface area contributed by atoms with Crippen molar-refractivity contribution in [3.63, 3.8) is 0 Å². The van der Waals surface area contributed by atoms with Crippen LogP contribution in [-0.4, -0.2) is 70.0 Å². The monoisotopic (exact) mass is 1090 g/mol. The van der Waals surface area contributed by atoms with Gasteiger partial charge >= 0.3 is 11.9 Å². The average molecular weight is 1090 g/mol. The number of quaternary nitrogens is 1. The number of likely N-dealkylation sites (N-methyl/N-ethyl adjacent to an activating group) is 1. The SMILES string of the molecule is CCCCC/C=C\C/C=C\CCCCCCCCCCCC(=O)OC(COC(=O)CCCCCCCCCCCCCCCCCCCCCCC/C=C\CCCCCCCCCC)COP(=O)([O-])OCC[N+](C)(C)C. The zero-order chi connectivity index (χ0) is 55.6. The van der Waals surface area contributed by atoms with Gasteiger partial charge in [-0.25, -0.2) is 0 Å². The lowest BCUT2D eigenvalue weighted by atomic mass is 10.0. The van der Waals surface area contributed by atoms with Crippen molar-refractivity contribution in [3.05, 3.63) is 36.5 Å². The van der Waals surface area contributed by atoms with Crippen LogP contribution in [0.15, 0.2) is 36.5 Å². The Bertz CT molecular complexity index is 1380. The lowest BCUT2D eigenvalue weighted by Crippen LogP contribution is -2.37. The molecule has 0 radical (unpaired) electrons. The lowest BCUT2D eigenvalue weighted by Gasteiger charge is -2.28. The number of carbonyl (C=O) groups excluding carboxylic acids is 2. The van der Waals surface area contributed by atoms with E-state index in [4.69, 9.17) is 18.5 Å². The third-order valence-electron chi connectivity index (χ3n) is 14.6. The number of unbranched alkanes of at least 4 members (excludes halogenated alkanes) is 41. The molecule has 0 saturated carbocycles. The van der Waals surface area contributed by atoms with Gasteiger partial charge in [0, 0.05) is 12.8 Å². The highest BCUT2D eigenvalue weighted by Crippen LogP contribution is 2.38. The molecule has 0 saturated heterocycles. The minimum absolute atomic E-state index is 0.0300. The Morgan fingerprint density at radius 2 is 0.711 bits per heavy atom. The maximum atomic E-state index is 12.8. The van der Waals surface area contributed by atoms with Crippen LogP contribution in [0, 0.1) is 0 Å². The summed E-state index contributed by atoms with van der Waals surface area (Å²) in [4.78, 5) is 37.9. The molecule has 10 heteroatoms. The first-order valence-corrected chi connectivity index (χ1v) is 34.2. The van der Waals surface area contributed by atoms with Crippen molar-refractivity contribution in [2.24, 2.45) is 0 Å². The second kappa shape index (κ2) is 57.9. The van der Waals surface area contributed by atoms with E-state index in [1.165, 1.54) is 238 Å². The fraction of sp³-hybridized carbons (Fsp3) is 0.879. The second-order valence-corrected chi connectivity index (χ2v) is 24.9. The highest BCUT2D eigenvalue weighted by atomic mass is 31.2. The summed E-state index contributed by atoms with van der Waals surface area (Å²) in [5, 5.41) is 0. The predicted molar refractivity (Wildman–Crippen MR) is 324 cm³/mol. The highest BCUT2D eigenvalue weighted by molar-refractivity contribution is 7.45. The predicted octanol–water partition coefficient (Wildman–Crippen LogP) is 20.1. The van der Waals surface area contributed by atoms with Crippen LogP contribution in [0.3, 0.4) is 0 Å². The van der Waals surface area contributed by atoms with Crippen molar-refractivity contribution >= 4 is 19.8 Å². The Labute approximate surface area is 471 Å². The number of ether oxygens (including phenoxy) is 2. The molecule has 0 amide bonds. The standard InChI is InChI=1S/C66H126NO8P/c1-6-8-10-12-14-16-18-20-22-24-26-27-28-29-30-31-32-33-34-35-36-37-38-39-41-42-44-46-48-50-52-54-56-58-65(68)72-62-64(63-74-76(70,71)73-61-60-67(3,4)5)75-66(69)59-57-55-53-51-49-47-45-43-40-25-23-21-19-17-15-13-11-9-7-2/h15,17,21,23-24,26,64H,6-14,16,18-20,22,25,27-63H2,1-5H3/b17-15-,23-21-,26-24-. The van der Waals surface area contributed by atoms with Gasteiger partial charge in [0.25, 0.3) is 7.82 Å². The third kappa shape index (κ3) is 61.4. The Kier molecular flexibility index (Phi) is 56.6. The van der Waals surface area contributed by atoms with Crippen LogP contribution < -0.4 is 4.89 Å². The minimum Gasteiger partial charge on any atom is -0.756 e. The summed E-state index contributed by atoms with van der Waals surface area (Å²) in [6.45, 7) is 4.26. The summed E-state index contributed by atoms with van der Waals surface area (Å²) in [5.74, 6) is -0.823. The third-order valence-corrected chi connectivity index (χ3v) is 15.6. The molecule has 0 spiro atoms. The van der Waals surface area contributed by atoms with Gasteiger partial charge in [-0.15, -0.1) is 0 Å². The summed E-state index contributed by atoms with van der Waals surface area (Å²) in [6, 6.07) is 0. The molecule has 0 aliphatic rings. The normalized spacial score (nSPS) is 13.4. The Hall–Kier alpha value is -1.77. The van der Waals surface area contributed by atoms with Crippen LogP contribution in [0.25, 0.3) is 0 Å². The van der Waals surface area contributed by atoms with Crippen LogP contribution in [-0.2, 0) is 32.7 Å². The topological polar surface area (TPSA) is 111 Å². The van der Waals surface area contributed by atoms with Crippen LogP contribution in [0.1, 0.15) is 322 Å². The first-order chi connectivity index (χ1) is 37.0. The van der Waals surface area contributed by atoms with E-state index in [0.29, 0.717) is 17.4 Å². The zero-order valence-corrected chi connectivity index (χ0v) is 51.9. The van der Waals surface area contributed by atoms with Crippen molar-refractivity contribution in [1.82, 2.24) is 0 Å². The molecule has 0 aliphatic heterocycles. The maximum Gasteiger partial charge on any atom is 0.306 e. The molecule has 2 atom stereocenters. The molecule has 0 rings (SSSR count). The quantitative estimate of drug-likeness (QED) is 0.0195. The van der Waals surface area contributed by atoms with Gasteiger partial charge in [-0.1, -0.05) is 275 Å². The van der Waals surface area contributed by atoms with Gasteiger partial charge in [-0.05, 0) is 70.6 Å². The van der Waals surface area contributed by atoms with E-state index >= 15 is 0 Å². The van der Waals surface area contributed by atoms with Crippen molar-refractivity contribution in [2.75, 3.05) is 47.5 Å². The molecular weight excluding hydrogens is 966 g/mol. The number of esters is 2. The van der Waals surface area contributed by atoms with Gasteiger partial charge in [-0.2, -0.15) is 0 Å². The molecule has 0 aromatic heterocycles. The van der Waals surface area contributed by atoms with Gasteiger partial charge < -0.3 is 27.9 Å². The molecule has 2 unspecified atom stereocenters. The van der Waals surface area contributed by atoms with E-state index < -0.39 is 26.5 Å². The molecule has 0 bridgehead atoms. The van der Waals surface area contributed by atoms with E-state index in [9.17, 15) is 19.0 Å². The van der Waals surface area contributed by atoms with Crippen molar-refractivity contribution < 1.29 is 42.1 Å². The van der Waals surface area contributed by atoms with Crippen molar-refractivity contribution in [2.45, 2.75) is 328 Å². The lowest BCUT2D eigenvalue weighted by molar-refractivity contribution is -0.870. The van der Waals surface area contributed by atoms with Gasteiger partial charge in [0.2, 0.25) is 0 Å². The van der Waals surface area contributed by atoms with Gasteiger partial charge in [0.15, 0.2) is 6.10 Å². The van der Waals surface area contributed by atoms with Crippen LogP contribution in [0.4, 0.5) is 0 Å². The molecule has 0 aliphatic carbocycles. The number of allylic oxidation sites excluding steroid dienone is 6. The Morgan fingerprint density at radius 3 is 1.08 bits per heavy atom. The van der Waals surface area contributed by atoms with Gasteiger partial charge in [0.05, 0.1) is 27.7 Å². The van der Waals surface area contributed by atoms with Crippen molar-refractivity contribution in [3.8, 4) is 0 Å². The Morgan fingerprint density at radius 1 is 0.408 bits per heavy atom. The molecule has 9 nitrogen and oxygen atoms in total. The number of carbonyl (C=O) groups is 2. The summed E-state index contributed by atoms with van der Waals surface area (Å²) < 4.78 is 34.2. The number of rotatable bonds is 61. The smallest absolute Gasteiger partial charge is 0.306 e. The van der Waals surface area contributed by atoms with E-state index in [0.717, 1.165) is 51.4 Å². The number of phosphoric ester groups is 1. The fourth-order valence-electron chi connectivity index (χ4n) is 9.57. The van der Waals surface area contributed by atoms with Gasteiger partial charge in [-0.3, -0.25) is 14.2 Å². The summed E-state index contributed by atoms with van der Waals surface area (Å²) in [6.07, 6.45) is 72.2. The summed E-state index contributed by atoms with van der Waals surface area (Å²) >= 11 is 0. The first kappa shape index (κ1) is 74.2. The molecule has 0 aromatic carbocycles. The Balaban J connectivity index is 3.98. The van der Waals surface area contributed by atoms with Crippen LogP contribution in [0.5, 0.6) is 0 Å². The first-order valence-electron chi connectivity index (χ1n) is 32.7. The number of hydrogen-bond donors (Lipinski definition) is 0. The van der Waals surface area contributed by atoms with Crippen molar-refractivity contribution in [1.29, 1.82) is 0 Å². The second-order valence-electron chi connectivity index (χ2n) is 23.5. The summed E-state index contributed by atoms with van der Waals surface area (Å²) in [7, 11) is 1.18. The maximum absolute atomic E-state index is 12.8. The molecule has 0 fully saturated rings. The van der Waals surface area contributed by atoms with Crippen LogP contribution in [0.2, 0.25) is 0 Å². The highest BCUT2D eigenvalue weighted by Gasteiger charge is 2.22. The number of hydrogen-bond acceptors (Lipinski definition) is 8. The largest absolute Gasteiger partial charge is 0.756 e. The molecule has 0 aromatic rings. The molecule has 76 heavy (non-hydrogen) atoms. The summed E-state index contributed by atoms with van der Waals surface area (Å²) in [5.41, 5.74) is 0. The number of phosphoric acid groups is 1. The number of nitrogens with zero attached hydrogens (tertiary/aromatic N) is 1. The van der Waals surface area contributed by atoms with E-state index in [-0.39, 0.29) is 32.0 Å². The minimum atomic E-state index is -4.64. The molecular formula is C66H126NO8P. The molecule has 0 N–H and O–H groups in total. The average Bonchev–Trinajstić information content (AvgIpc) is 3.38. The van der Waals surface area contributed by atoms with Gasteiger partial charge in [0.1, 0.15) is 19.8 Å². The molecule has 0 heterocycles. The van der Waals surface area contributed by atoms with E-state index in [1.807, 2.05) is 21.1 Å². The van der Waals surface area contributed by atoms with E-state index in [1.54, 1.807) is 0 Å². The zero-order valence-electron chi connectivity index (χ0n) is 51.0.